The number of rotatable bonds is 6. The van der Waals surface area contributed by atoms with Crippen LogP contribution >= 0.6 is 0 Å². The summed E-state index contributed by atoms with van der Waals surface area (Å²) in [6.07, 6.45) is 4.42. The zero-order valence-electron chi connectivity index (χ0n) is 9.36. The maximum Gasteiger partial charge on any atom is 0.219 e. The van der Waals surface area contributed by atoms with Crippen molar-refractivity contribution in [1.82, 2.24) is 9.88 Å². The second-order valence-electron chi connectivity index (χ2n) is 3.68. The number of carbonyl (C=O) groups excluding carboxylic acids is 1. The fourth-order valence-corrected chi connectivity index (χ4v) is 1.52. The van der Waals surface area contributed by atoms with Gasteiger partial charge in [0, 0.05) is 31.4 Å². The van der Waals surface area contributed by atoms with Crippen molar-refractivity contribution in [3.05, 3.63) is 24.0 Å². The van der Waals surface area contributed by atoms with Crippen molar-refractivity contribution in [3.8, 4) is 0 Å². The molecule has 15 heavy (non-hydrogen) atoms. The Kier molecular flexibility index (Phi) is 4.37. The van der Waals surface area contributed by atoms with E-state index in [0.717, 1.165) is 6.54 Å². The highest BCUT2D eigenvalue weighted by molar-refractivity contribution is 5.73. The van der Waals surface area contributed by atoms with E-state index >= 15 is 0 Å². The van der Waals surface area contributed by atoms with Crippen molar-refractivity contribution >= 4 is 5.91 Å². The summed E-state index contributed by atoms with van der Waals surface area (Å²) in [6.45, 7) is 5.82. The molecule has 0 radical (unpaired) electrons. The normalized spacial score (nSPS) is 12.7. The lowest BCUT2D eigenvalue weighted by Crippen LogP contribution is -2.17. The van der Waals surface area contributed by atoms with Crippen LogP contribution in [0.3, 0.4) is 0 Å². The Morgan fingerprint density at radius 1 is 1.67 bits per heavy atom. The van der Waals surface area contributed by atoms with Crippen LogP contribution in [0.25, 0.3) is 0 Å². The molecule has 4 heteroatoms. The standard InChI is InChI=1S/C11H19N3O/c1-3-13-9(2)10-4-6-14(8-10)7-5-11(12)15/h4,6,8-9,13H,3,5,7H2,1-2H3,(H2,12,15). The molecule has 0 aliphatic carbocycles. The molecule has 1 atom stereocenters. The fraction of sp³-hybridized carbons (Fsp3) is 0.545. The van der Waals surface area contributed by atoms with Crippen LogP contribution in [0.15, 0.2) is 18.5 Å². The Labute approximate surface area is 90.5 Å². The highest BCUT2D eigenvalue weighted by atomic mass is 16.1. The first kappa shape index (κ1) is 11.8. The number of nitrogens with two attached hydrogens (primary N) is 1. The molecule has 1 heterocycles. The molecule has 3 N–H and O–H groups in total. The van der Waals surface area contributed by atoms with Crippen LogP contribution in [0.4, 0.5) is 0 Å². The maximum absolute atomic E-state index is 10.6. The smallest absolute Gasteiger partial charge is 0.219 e. The van der Waals surface area contributed by atoms with Gasteiger partial charge in [0.05, 0.1) is 0 Å². The quantitative estimate of drug-likeness (QED) is 0.735. The molecule has 0 aliphatic rings. The second kappa shape index (κ2) is 5.56. The largest absolute Gasteiger partial charge is 0.370 e. The number of aromatic nitrogens is 1. The number of nitrogens with zero attached hydrogens (tertiary/aromatic N) is 1. The summed E-state index contributed by atoms with van der Waals surface area (Å²) in [5, 5.41) is 3.34. The van der Waals surface area contributed by atoms with Crippen LogP contribution in [-0.2, 0) is 11.3 Å². The lowest BCUT2D eigenvalue weighted by molar-refractivity contribution is -0.118. The van der Waals surface area contributed by atoms with Gasteiger partial charge in [0.25, 0.3) is 0 Å². The van der Waals surface area contributed by atoms with Gasteiger partial charge >= 0.3 is 0 Å². The van der Waals surface area contributed by atoms with Gasteiger partial charge in [0.2, 0.25) is 5.91 Å². The van der Waals surface area contributed by atoms with Gasteiger partial charge in [-0.25, -0.2) is 0 Å². The summed E-state index contributed by atoms with van der Waals surface area (Å²) in [4.78, 5) is 10.6. The fourth-order valence-electron chi connectivity index (χ4n) is 1.52. The average Bonchev–Trinajstić information content (AvgIpc) is 2.63. The Morgan fingerprint density at radius 3 is 3.00 bits per heavy atom. The van der Waals surface area contributed by atoms with E-state index < -0.39 is 0 Å². The summed E-state index contributed by atoms with van der Waals surface area (Å²) >= 11 is 0. The van der Waals surface area contributed by atoms with Crippen LogP contribution in [-0.4, -0.2) is 17.0 Å². The van der Waals surface area contributed by atoms with Crippen LogP contribution in [0.2, 0.25) is 0 Å². The molecule has 0 aromatic carbocycles. The summed E-state index contributed by atoms with van der Waals surface area (Å²) in [6, 6.07) is 2.42. The molecule has 4 nitrogen and oxygen atoms in total. The van der Waals surface area contributed by atoms with Crippen molar-refractivity contribution < 1.29 is 4.79 Å². The van der Waals surface area contributed by atoms with E-state index in [1.54, 1.807) is 0 Å². The van der Waals surface area contributed by atoms with Gasteiger partial charge in [-0.2, -0.15) is 0 Å². The number of aryl methyl sites for hydroxylation is 1. The van der Waals surface area contributed by atoms with Gasteiger partial charge in [-0.3, -0.25) is 4.79 Å². The third-order valence-corrected chi connectivity index (χ3v) is 2.40. The Hall–Kier alpha value is -1.29. The number of carbonyl (C=O) groups is 1. The molecular weight excluding hydrogens is 190 g/mol. The highest BCUT2D eigenvalue weighted by Crippen LogP contribution is 2.12. The van der Waals surface area contributed by atoms with Gasteiger partial charge in [0.1, 0.15) is 0 Å². The maximum atomic E-state index is 10.6. The molecule has 0 fully saturated rings. The van der Waals surface area contributed by atoms with E-state index in [1.165, 1.54) is 5.56 Å². The molecule has 0 saturated carbocycles. The third kappa shape index (κ3) is 3.75. The zero-order valence-corrected chi connectivity index (χ0v) is 9.36. The van der Waals surface area contributed by atoms with Crippen LogP contribution in [0.5, 0.6) is 0 Å². The molecule has 1 aromatic heterocycles. The van der Waals surface area contributed by atoms with E-state index in [1.807, 2.05) is 10.8 Å². The minimum Gasteiger partial charge on any atom is -0.370 e. The van der Waals surface area contributed by atoms with Crippen molar-refractivity contribution in [1.29, 1.82) is 0 Å². The van der Waals surface area contributed by atoms with Crippen molar-refractivity contribution in [2.24, 2.45) is 5.73 Å². The first-order valence-electron chi connectivity index (χ1n) is 5.31. The lowest BCUT2D eigenvalue weighted by atomic mass is 10.2. The lowest BCUT2D eigenvalue weighted by Gasteiger charge is -2.09. The molecule has 1 rings (SSSR count). The van der Waals surface area contributed by atoms with Crippen molar-refractivity contribution in [2.45, 2.75) is 32.9 Å². The van der Waals surface area contributed by atoms with Crippen LogP contribution in [0, 0.1) is 0 Å². The van der Waals surface area contributed by atoms with Crippen molar-refractivity contribution in [2.75, 3.05) is 6.54 Å². The van der Waals surface area contributed by atoms with Gasteiger partial charge in [-0.05, 0) is 25.1 Å². The van der Waals surface area contributed by atoms with Crippen LogP contribution in [0.1, 0.15) is 31.9 Å². The average molecular weight is 209 g/mol. The Bertz CT molecular complexity index is 319. The number of hydrogen-bond acceptors (Lipinski definition) is 2. The van der Waals surface area contributed by atoms with E-state index in [-0.39, 0.29) is 5.91 Å². The molecular formula is C11H19N3O. The first-order valence-corrected chi connectivity index (χ1v) is 5.31. The molecule has 1 amide bonds. The predicted octanol–water partition coefficient (Wildman–Crippen LogP) is 1.03. The Balaban J connectivity index is 2.51. The molecule has 0 aliphatic heterocycles. The van der Waals surface area contributed by atoms with Crippen molar-refractivity contribution in [3.63, 3.8) is 0 Å². The highest BCUT2D eigenvalue weighted by Gasteiger charge is 2.05. The SMILES string of the molecule is CCNC(C)c1ccn(CCC(N)=O)c1. The molecule has 0 bridgehead atoms. The summed E-state index contributed by atoms with van der Waals surface area (Å²) in [5.41, 5.74) is 6.33. The van der Waals surface area contributed by atoms with E-state index in [0.29, 0.717) is 19.0 Å². The third-order valence-electron chi connectivity index (χ3n) is 2.40. The number of amides is 1. The molecule has 84 valence electrons. The van der Waals surface area contributed by atoms with Crippen LogP contribution < -0.4 is 11.1 Å². The first-order chi connectivity index (χ1) is 7.13. The summed E-state index contributed by atoms with van der Waals surface area (Å²) < 4.78 is 1.99. The number of nitrogens with one attached hydrogen (secondary N) is 1. The number of hydrogen-bond donors (Lipinski definition) is 2. The van der Waals surface area contributed by atoms with E-state index in [2.05, 4.69) is 31.4 Å². The Morgan fingerprint density at radius 2 is 2.40 bits per heavy atom. The minimum atomic E-state index is -0.259. The molecule has 0 saturated heterocycles. The summed E-state index contributed by atoms with van der Waals surface area (Å²) in [7, 11) is 0. The van der Waals surface area contributed by atoms with Gasteiger partial charge < -0.3 is 15.6 Å². The monoisotopic (exact) mass is 209 g/mol. The second-order valence-corrected chi connectivity index (χ2v) is 3.68. The zero-order chi connectivity index (χ0) is 11.3. The topological polar surface area (TPSA) is 60.1 Å². The summed E-state index contributed by atoms with van der Waals surface area (Å²) in [5.74, 6) is -0.259. The molecule has 1 unspecified atom stereocenters. The molecule has 0 spiro atoms. The van der Waals surface area contributed by atoms with Gasteiger partial charge in [-0.1, -0.05) is 6.92 Å². The van der Waals surface area contributed by atoms with Gasteiger partial charge in [-0.15, -0.1) is 0 Å². The van der Waals surface area contributed by atoms with E-state index in [9.17, 15) is 4.79 Å². The predicted molar refractivity (Wildman–Crippen MR) is 60.3 cm³/mol. The minimum absolute atomic E-state index is 0.259. The van der Waals surface area contributed by atoms with E-state index in [4.69, 9.17) is 5.73 Å². The number of primary amides is 1. The van der Waals surface area contributed by atoms with Gasteiger partial charge in [0.15, 0.2) is 0 Å². The molecule has 1 aromatic rings.